The van der Waals surface area contributed by atoms with Gasteiger partial charge < -0.3 is 10.3 Å². The Balaban J connectivity index is 2.01. The summed E-state index contributed by atoms with van der Waals surface area (Å²) in [5.74, 6) is 0.655. The molecule has 1 aliphatic rings. The molecule has 1 atom stereocenters. The molecular weight excluding hydrogens is 260 g/mol. The molecule has 98 valence electrons. The van der Waals surface area contributed by atoms with E-state index in [0.29, 0.717) is 17.9 Å². The zero-order chi connectivity index (χ0) is 13.4. The van der Waals surface area contributed by atoms with Gasteiger partial charge in [-0.3, -0.25) is 9.59 Å². The van der Waals surface area contributed by atoms with Gasteiger partial charge in [-0.25, -0.2) is 0 Å². The van der Waals surface area contributed by atoms with E-state index in [1.165, 1.54) is 0 Å². The van der Waals surface area contributed by atoms with Gasteiger partial charge in [-0.15, -0.1) is 11.8 Å². The Morgan fingerprint density at radius 3 is 2.89 bits per heavy atom. The molecule has 3 rings (SSSR count). The maximum absolute atomic E-state index is 12.0. The van der Waals surface area contributed by atoms with E-state index in [9.17, 15) is 9.59 Å². The number of rotatable bonds is 2. The van der Waals surface area contributed by atoms with E-state index in [1.54, 1.807) is 11.8 Å². The van der Waals surface area contributed by atoms with Gasteiger partial charge in [0.15, 0.2) is 0 Å². The minimum Gasteiger partial charge on any atom is -0.346 e. The number of pyridine rings is 1. The van der Waals surface area contributed by atoms with Crippen molar-refractivity contribution in [1.82, 2.24) is 10.3 Å². The SMILES string of the molecule is Cc1ccc2[nH]c(=O)c(CC3SCNC3=O)cc2c1. The number of benzene rings is 1. The van der Waals surface area contributed by atoms with Crippen molar-refractivity contribution in [3.63, 3.8) is 0 Å². The van der Waals surface area contributed by atoms with E-state index >= 15 is 0 Å². The summed E-state index contributed by atoms with van der Waals surface area (Å²) in [6, 6.07) is 7.81. The molecule has 1 aliphatic heterocycles. The fraction of sp³-hybridized carbons (Fsp3) is 0.286. The molecule has 0 saturated carbocycles. The average Bonchev–Trinajstić information content (AvgIpc) is 2.77. The lowest BCUT2D eigenvalue weighted by Crippen LogP contribution is -2.26. The Bertz CT molecular complexity index is 708. The summed E-state index contributed by atoms with van der Waals surface area (Å²) in [5.41, 5.74) is 2.56. The van der Waals surface area contributed by atoms with Gasteiger partial charge >= 0.3 is 0 Å². The number of aromatic amines is 1. The van der Waals surface area contributed by atoms with Gasteiger partial charge in [0.05, 0.1) is 11.1 Å². The van der Waals surface area contributed by atoms with Crippen LogP contribution in [-0.2, 0) is 11.2 Å². The fourth-order valence-electron chi connectivity index (χ4n) is 2.28. The Morgan fingerprint density at radius 1 is 1.32 bits per heavy atom. The van der Waals surface area contributed by atoms with Crippen molar-refractivity contribution < 1.29 is 4.79 Å². The first-order chi connectivity index (χ1) is 9.13. The summed E-state index contributed by atoms with van der Waals surface area (Å²) in [7, 11) is 0. The minimum absolute atomic E-state index is 0.0220. The molecule has 0 spiro atoms. The molecular formula is C14H14N2O2S. The van der Waals surface area contributed by atoms with Gasteiger partial charge in [-0.1, -0.05) is 11.6 Å². The summed E-state index contributed by atoms with van der Waals surface area (Å²) in [4.78, 5) is 26.5. The van der Waals surface area contributed by atoms with Gasteiger partial charge in [-0.2, -0.15) is 0 Å². The lowest BCUT2D eigenvalue weighted by molar-refractivity contribution is -0.119. The molecule has 1 fully saturated rings. The number of amides is 1. The van der Waals surface area contributed by atoms with Crippen LogP contribution in [0, 0.1) is 6.92 Å². The first-order valence-corrected chi connectivity index (χ1v) is 7.20. The number of carbonyl (C=O) groups excluding carboxylic acids is 1. The number of thioether (sulfide) groups is 1. The van der Waals surface area contributed by atoms with E-state index < -0.39 is 0 Å². The molecule has 1 saturated heterocycles. The molecule has 1 aromatic carbocycles. The van der Waals surface area contributed by atoms with Crippen LogP contribution in [-0.4, -0.2) is 22.0 Å². The van der Waals surface area contributed by atoms with Crippen molar-refractivity contribution in [3.05, 3.63) is 45.7 Å². The van der Waals surface area contributed by atoms with E-state index in [1.807, 2.05) is 31.2 Å². The molecule has 19 heavy (non-hydrogen) atoms. The predicted octanol–water partition coefficient (Wildman–Crippen LogP) is 1.57. The second-order valence-electron chi connectivity index (χ2n) is 4.76. The topological polar surface area (TPSA) is 62.0 Å². The Hall–Kier alpha value is -1.75. The van der Waals surface area contributed by atoms with Crippen LogP contribution in [0.25, 0.3) is 10.9 Å². The van der Waals surface area contributed by atoms with Crippen molar-refractivity contribution in [1.29, 1.82) is 0 Å². The van der Waals surface area contributed by atoms with Gasteiger partial charge in [0.1, 0.15) is 0 Å². The van der Waals surface area contributed by atoms with Gasteiger partial charge in [-0.05, 0) is 36.9 Å². The summed E-state index contributed by atoms with van der Waals surface area (Å²) < 4.78 is 0. The maximum Gasteiger partial charge on any atom is 0.251 e. The smallest absolute Gasteiger partial charge is 0.251 e. The molecule has 2 aromatic rings. The van der Waals surface area contributed by atoms with Crippen LogP contribution in [0.5, 0.6) is 0 Å². The highest BCUT2D eigenvalue weighted by Gasteiger charge is 2.25. The van der Waals surface area contributed by atoms with E-state index in [-0.39, 0.29) is 16.7 Å². The summed E-state index contributed by atoms with van der Waals surface area (Å²) in [6.45, 7) is 2.02. The van der Waals surface area contributed by atoms with Crippen LogP contribution in [0.1, 0.15) is 11.1 Å². The van der Waals surface area contributed by atoms with Crippen molar-refractivity contribution in [2.24, 2.45) is 0 Å². The number of nitrogens with one attached hydrogen (secondary N) is 2. The highest BCUT2D eigenvalue weighted by Crippen LogP contribution is 2.21. The Labute approximate surface area is 114 Å². The van der Waals surface area contributed by atoms with E-state index in [0.717, 1.165) is 16.5 Å². The van der Waals surface area contributed by atoms with E-state index in [4.69, 9.17) is 0 Å². The van der Waals surface area contributed by atoms with Crippen LogP contribution >= 0.6 is 11.8 Å². The molecule has 1 aromatic heterocycles. The largest absolute Gasteiger partial charge is 0.346 e. The molecule has 5 heteroatoms. The van der Waals surface area contributed by atoms with Gasteiger partial charge in [0.2, 0.25) is 5.91 Å². The lowest BCUT2D eigenvalue weighted by Gasteiger charge is -2.07. The van der Waals surface area contributed by atoms with Crippen LogP contribution in [0.4, 0.5) is 0 Å². The Morgan fingerprint density at radius 2 is 2.16 bits per heavy atom. The molecule has 1 amide bonds. The predicted molar refractivity (Wildman–Crippen MR) is 77.4 cm³/mol. The van der Waals surface area contributed by atoms with E-state index in [2.05, 4.69) is 10.3 Å². The second kappa shape index (κ2) is 4.74. The monoisotopic (exact) mass is 274 g/mol. The molecule has 1 unspecified atom stereocenters. The fourth-order valence-corrected chi connectivity index (χ4v) is 3.24. The average molecular weight is 274 g/mol. The zero-order valence-corrected chi connectivity index (χ0v) is 11.3. The number of hydrogen-bond acceptors (Lipinski definition) is 3. The molecule has 2 heterocycles. The van der Waals surface area contributed by atoms with Crippen molar-refractivity contribution in [3.8, 4) is 0 Å². The van der Waals surface area contributed by atoms with Crippen LogP contribution in [0.15, 0.2) is 29.1 Å². The molecule has 2 N–H and O–H groups in total. The third-order valence-electron chi connectivity index (χ3n) is 3.31. The highest BCUT2D eigenvalue weighted by atomic mass is 32.2. The zero-order valence-electron chi connectivity index (χ0n) is 10.5. The normalized spacial score (nSPS) is 18.8. The van der Waals surface area contributed by atoms with Gasteiger partial charge in [0.25, 0.3) is 5.56 Å². The maximum atomic E-state index is 12.0. The standard InChI is InChI=1S/C14H14N2O2S/c1-8-2-3-11-9(4-8)5-10(13(17)16-11)6-12-14(18)15-7-19-12/h2-5,12H,6-7H2,1H3,(H,15,18)(H,16,17). The number of H-pyrrole nitrogens is 1. The van der Waals surface area contributed by atoms with Crippen LogP contribution in [0.3, 0.4) is 0 Å². The number of fused-ring (bicyclic) bond motifs is 1. The number of aromatic nitrogens is 1. The highest BCUT2D eigenvalue weighted by molar-refractivity contribution is 8.01. The summed E-state index contributed by atoms with van der Waals surface area (Å²) in [5, 5.41) is 3.63. The number of aryl methyl sites for hydroxylation is 1. The molecule has 4 nitrogen and oxygen atoms in total. The molecule has 0 bridgehead atoms. The molecule has 0 radical (unpaired) electrons. The number of hydrogen-bond donors (Lipinski definition) is 2. The van der Waals surface area contributed by atoms with Gasteiger partial charge in [0, 0.05) is 11.1 Å². The summed E-state index contributed by atoms with van der Waals surface area (Å²) >= 11 is 1.55. The first-order valence-electron chi connectivity index (χ1n) is 6.15. The van der Waals surface area contributed by atoms with Crippen molar-refractivity contribution >= 4 is 28.6 Å². The Kier molecular flexibility index (Phi) is 3.06. The number of carbonyl (C=O) groups is 1. The lowest BCUT2D eigenvalue weighted by atomic mass is 10.1. The third-order valence-corrected chi connectivity index (χ3v) is 4.40. The summed E-state index contributed by atoms with van der Waals surface area (Å²) in [6.07, 6.45) is 0.482. The first kappa shape index (κ1) is 12.3. The van der Waals surface area contributed by atoms with Crippen molar-refractivity contribution in [2.45, 2.75) is 18.6 Å². The quantitative estimate of drug-likeness (QED) is 0.874. The third kappa shape index (κ3) is 2.38. The molecule has 0 aliphatic carbocycles. The van der Waals surface area contributed by atoms with Crippen LogP contribution < -0.4 is 10.9 Å². The minimum atomic E-state index is -0.150. The van der Waals surface area contributed by atoms with Crippen molar-refractivity contribution in [2.75, 3.05) is 5.88 Å². The second-order valence-corrected chi connectivity index (χ2v) is 5.95. The van der Waals surface area contributed by atoms with Crippen LogP contribution in [0.2, 0.25) is 0 Å².